The molecule has 3 nitrogen and oxygen atoms in total. The van der Waals surface area contributed by atoms with Crippen LogP contribution in [0.2, 0.25) is 0 Å². The van der Waals surface area contributed by atoms with Crippen LogP contribution >= 0.6 is 0 Å². The van der Waals surface area contributed by atoms with Gasteiger partial charge in [0.15, 0.2) is 0 Å². The molecule has 6 heteroatoms. The lowest BCUT2D eigenvalue weighted by Gasteiger charge is -2.36. The lowest BCUT2D eigenvalue weighted by atomic mass is 9.80. The summed E-state index contributed by atoms with van der Waals surface area (Å²) in [6.07, 6.45) is -1.53. The van der Waals surface area contributed by atoms with Gasteiger partial charge in [0, 0.05) is 25.6 Å². The van der Waals surface area contributed by atoms with Crippen LogP contribution in [-0.4, -0.2) is 41.8 Å². The largest absolute Gasteiger partial charge is 0.396 e. The molecule has 1 aliphatic heterocycles. The van der Waals surface area contributed by atoms with Crippen molar-refractivity contribution in [2.75, 3.05) is 19.7 Å². The predicted octanol–water partition coefficient (Wildman–Crippen LogP) is 2.59. The molecule has 0 aromatic heterocycles. The fourth-order valence-electron chi connectivity index (χ4n) is 3.34. The van der Waals surface area contributed by atoms with E-state index in [1.54, 1.807) is 4.90 Å². The summed E-state index contributed by atoms with van der Waals surface area (Å²) in [5.41, 5.74) is 0. The summed E-state index contributed by atoms with van der Waals surface area (Å²) in [5, 5.41) is 9.16. The summed E-state index contributed by atoms with van der Waals surface area (Å²) in [6.45, 7) is 1.30. The fraction of sp³-hybridized carbons (Fsp3) is 0.929. The topological polar surface area (TPSA) is 40.5 Å². The number of carbonyl (C=O) groups is 1. The van der Waals surface area contributed by atoms with Gasteiger partial charge in [-0.15, -0.1) is 0 Å². The number of piperidine rings is 1. The van der Waals surface area contributed by atoms with E-state index in [-0.39, 0.29) is 37.2 Å². The van der Waals surface area contributed by atoms with E-state index in [4.69, 9.17) is 5.11 Å². The Hall–Kier alpha value is -0.780. The van der Waals surface area contributed by atoms with Gasteiger partial charge in [-0.1, -0.05) is 0 Å². The van der Waals surface area contributed by atoms with E-state index in [9.17, 15) is 18.0 Å². The summed E-state index contributed by atoms with van der Waals surface area (Å²) < 4.78 is 37.8. The van der Waals surface area contributed by atoms with Crippen molar-refractivity contribution in [3.8, 4) is 0 Å². The minimum absolute atomic E-state index is 0.0104. The minimum Gasteiger partial charge on any atom is -0.396 e. The Bertz CT molecular complexity index is 338. The Morgan fingerprint density at radius 3 is 2.35 bits per heavy atom. The molecule has 0 radical (unpaired) electrons. The summed E-state index contributed by atoms with van der Waals surface area (Å²) in [7, 11) is 0. The van der Waals surface area contributed by atoms with E-state index in [0.29, 0.717) is 25.9 Å². The number of aliphatic hydroxyl groups is 1. The molecule has 1 heterocycles. The first kappa shape index (κ1) is 15.6. The Morgan fingerprint density at radius 2 is 1.80 bits per heavy atom. The fourth-order valence-corrected chi connectivity index (χ4v) is 3.34. The first-order valence-electron chi connectivity index (χ1n) is 7.38. The normalized spacial score (nSPS) is 32.2. The van der Waals surface area contributed by atoms with Crippen molar-refractivity contribution in [1.29, 1.82) is 0 Å². The quantitative estimate of drug-likeness (QED) is 0.850. The number of alkyl halides is 3. The number of amides is 1. The maximum absolute atomic E-state index is 12.6. The number of hydrogen-bond donors (Lipinski definition) is 1. The van der Waals surface area contributed by atoms with Gasteiger partial charge in [-0.2, -0.15) is 13.2 Å². The third kappa shape index (κ3) is 3.65. The molecule has 0 spiro atoms. The van der Waals surface area contributed by atoms with Crippen molar-refractivity contribution in [2.24, 2.45) is 17.8 Å². The highest BCUT2D eigenvalue weighted by Gasteiger charge is 2.43. The standard InChI is InChI=1S/C14H22F3NO2/c15-14(16,17)12-5-3-11(4-6-12)13(20)18-7-1-2-10(8-18)9-19/h10-12,19H,1-9H2. The van der Waals surface area contributed by atoms with E-state index < -0.39 is 12.1 Å². The van der Waals surface area contributed by atoms with Crippen molar-refractivity contribution >= 4 is 5.91 Å². The number of likely N-dealkylation sites (tertiary alicyclic amines) is 1. The molecule has 2 rings (SSSR count). The van der Waals surface area contributed by atoms with Gasteiger partial charge in [-0.05, 0) is 44.4 Å². The minimum atomic E-state index is -4.12. The Morgan fingerprint density at radius 1 is 1.15 bits per heavy atom. The van der Waals surface area contributed by atoms with Crippen LogP contribution in [0.3, 0.4) is 0 Å². The zero-order valence-corrected chi connectivity index (χ0v) is 11.5. The molecule has 1 saturated carbocycles. The first-order valence-corrected chi connectivity index (χ1v) is 7.38. The lowest BCUT2D eigenvalue weighted by molar-refractivity contribution is -0.185. The second kappa shape index (κ2) is 6.33. The monoisotopic (exact) mass is 293 g/mol. The van der Waals surface area contributed by atoms with Crippen LogP contribution in [-0.2, 0) is 4.79 Å². The van der Waals surface area contributed by atoms with E-state index in [1.807, 2.05) is 0 Å². The number of aliphatic hydroxyl groups excluding tert-OH is 1. The smallest absolute Gasteiger partial charge is 0.391 e. The van der Waals surface area contributed by atoms with E-state index in [2.05, 4.69) is 0 Å². The molecule has 2 fully saturated rings. The SMILES string of the molecule is O=C(C1CCC(C(F)(F)F)CC1)N1CCCC(CO)C1. The Balaban J connectivity index is 1.85. The molecule has 1 aliphatic carbocycles. The van der Waals surface area contributed by atoms with Crippen molar-refractivity contribution in [2.45, 2.75) is 44.7 Å². The summed E-state index contributed by atoms with van der Waals surface area (Å²) in [4.78, 5) is 14.1. The maximum Gasteiger partial charge on any atom is 0.391 e. The second-order valence-electron chi connectivity index (χ2n) is 6.07. The maximum atomic E-state index is 12.6. The molecule has 116 valence electrons. The van der Waals surface area contributed by atoms with Gasteiger partial charge in [0.1, 0.15) is 0 Å². The van der Waals surface area contributed by atoms with Crippen LogP contribution in [0.15, 0.2) is 0 Å². The van der Waals surface area contributed by atoms with Gasteiger partial charge < -0.3 is 10.0 Å². The molecule has 0 bridgehead atoms. The highest BCUT2D eigenvalue weighted by atomic mass is 19.4. The van der Waals surface area contributed by atoms with Crippen LogP contribution in [0, 0.1) is 17.8 Å². The van der Waals surface area contributed by atoms with Crippen molar-refractivity contribution in [3.63, 3.8) is 0 Å². The molecule has 1 unspecified atom stereocenters. The van der Waals surface area contributed by atoms with Crippen molar-refractivity contribution < 1.29 is 23.1 Å². The van der Waals surface area contributed by atoms with Crippen molar-refractivity contribution in [3.05, 3.63) is 0 Å². The van der Waals surface area contributed by atoms with Gasteiger partial charge in [0.2, 0.25) is 5.91 Å². The third-order valence-corrected chi connectivity index (χ3v) is 4.63. The number of hydrogen-bond acceptors (Lipinski definition) is 2. The van der Waals surface area contributed by atoms with Crippen LogP contribution in [0.4, 0.5) is 13.2 Å². The van der Waals surface area contributed by atoms with Gasteiger partial charge in [0.05, 0.1) is 5.92 Å². The molecule has 1 amide bonds. The number of carbonyl (C=O) groups excluding carboxylic acids is 1. The molecular weight excluding hydrogens is 271 g/mol. The van der Waals surface area contributed by atoms with Crippen LogP contribution in [0.25, 0.3) is 0 Å². The van der Waals surface area contributed by atoms with Gasteiger partial charge in [0.25, 0.3) is 0 Å². The summed E-state index contributed by atoms with van der Waals surface area (Å²) in [6, 6.07) is 0. The van der Waals surface area contributed by atoms with Gasteiger partial charge in [-0.3, -0.25) is 4.79 Å². The molecule has 20 heavy (non-hydrogen) atoms. The Labute approximate surface area is 117 Å². The van der Waals surface area contributed by atoms with Gasteiger partial charge >= 0.3 is 6.18 Å². The molecule has 0 aromatic carbocycles. The molecule has 0 aromatic rings. The number of halogens is 3. The van der Waals surface area contributed by atoms with Crippen LogP contribution in [0.1, 0.15) is 38.5 Å². The molecule has 1 N–H and O–H groups in total. The zero-order chi connectivity index (χ0) is 14.8. The molecule has 1 saturated heterocycles. The highest BCUT2D eigenvalue weighted by Crippen LogP contribution is 2.40. The van der Waals surface area contributed by atoms with Crippen LogP contribution in [0.5, 0.6) is 0 Å². The van der Waals surface area contributed by atoms with E-state index in [1.165, 1.54) is 0 Å². The average Bonchev–Trinajstić information content (AvgIpc) is 2.46. The average molecular weight is 293 g/mol. The number of nitrogens with zero attached hydrogens (tertiary/aromatic N) is 1. The van der Waals surface area contributed by atoms with E-state index >= 15 is 0 Å². The lowest BCUT2D eigenvalue weighted by Crippen LogP contribution is -2.45. The van der Waals surface area contributed by atoms with Crippen molar-refractivity contribution in [1.82, 2.24) is 4.90 Å². The third-order valence-electron chi connectivity index (χ3n) is 4.63. The number of rotatable bonds is 2. The molecular formula is C14H22F3NO2. The predicted molar refractivity (Wildman–Crippen MR) is 67.9 cm³/mol. The summed E-state index contributed by atoms with van der Waals surface area (Å²) >= 11 is 0. The highest BCUT2D eigenvalue weighted by molar-refractivity contribution is 5.79. The van der Waals surface area contributed by atoms with E-state index in [0.717, 1.165) is 12.8 Å². The first-order chi connectivity index (χ1) is 9.41. The summed E-state index contributed by atoms with van der Waals surface area (Å²) in [5.74, 6) is -1.38. The Kier molecular flexibility index (Phi) is 4.94. The zero-order valence-electron chi connectivity index (χ0n) is 11.5. The molecule has 2 aliphatic rings. The van der Waals surface area contributed by atoms with Gasteiger partial charge in [-0.25, -0.2) is 0 Å². The second-order valence-corrected chi connectivity index (χ2v) is 6.07. The molecule has 1 atom stereocenters. The van der Waals surface area contributed by atoms with Crippen LogP contribution < -0.4 is 0 Å².